The Morgan fingerprint density at radius 3 is 2.38 bits per heavy atom. The van der Waals surface area contributed by atoms with Gasteiger partial charge in [-0.15, -0.1) is 0 Å². The van der Waals surface area contributed by atoms with Crippen LogP contribution in [0.2, 0.25) is 0 Å². The molecule has 1 aromatic heterocycles. The summed E-state index contributed by atoms with van der Waals surface area (Å²) in [7, 11) is 1.49. The van der Waals surface area contributed by atoms with Crippen LogP contribution in [0.3, 0.4) is 0 Å². The van der Waals surface area contributed by atoms with E-state index in [0.29, 0.717) is 41.0 Å². The van der Waals surface area contributed by atoms with E-state index in [1.54, 1.807) is 72.9 Å². The molecule has 1 unspecified atom stereocenters. The van der Waals surface area contributed by atoms with E-state index in [-0.39, 0.29) is 11.3 Å². The largest absolute Gasteiger partial charge is 0.507 e. The summed E-state index contributed by atoms with van der Waals surface area (Å²) in [6.45, 7) is 4.67. The molecule has 1 atom stereocenters. The third-order valence-corrected chi connectivity index (χ3v) is 5.47. The van der Waals surface area contributed by atoms with Crippen LogP contribution in [0.25, 0.3) is 5.76 Å². The lowest BCUT2D eigenvalue weighted by Crippen LogP contribution is -2.30. The molecule has 34 heavy (non-hydrogen) atoms. The molecule has 0 saturated carbocycles. The molecule has 0 radical (unpaired) electrons. The Morgan fingerprint density at radius 2 is 1.74 bits per heavy atom. The zero-order chi connectivity index (χ0) is 24.2. The summed E-state index contributed by atoms with van der Waals surface area (Å²) in [5, 5.41) is 11.2. The predicted molar refractivity (Wildman–Crippen MR) is 129 cm³/mol. The van der Waals surface area contributed by atoms with Gasteiger partial charge in [-0.2, -0.15) is 0 Å². The van der Waals surface area contributed by atoms with Crippen molar-refractivity contribution in [2.75, 3.05) is 18.6 Å². The number of anilines is 1. The number of rotatable bonds is 7. The summed E-state index contributed by atoms with van der Waals surface area (Å²) in [5.41, 5.74) is 1.23. The van der Waals surface area contributed by atoms with E-state index in [4.69, 9.17) is 9.47 Å². The number of aliphatic hydroxyl groups is 1. The highest BCUT2D eigenvalue weighted by molar-refractivity contribution is 6.51. The lowest BCUT2D eigenvalue weighted by atomic mass is 9.98. The van der Waals surface area contributed by atoms with Crippen LogP contribution in [0, 0.1) is 5.92 Å². The molecule has 3 aromatic rings. The molecule has 2 heterocycles. The van der Waals surface area contributed by atoms with Crippen LogP contribution in [-0.4, -0.2) is 35.5 Å². The first-order valence-electron chi connectivity index (χ1n) is 11.0. The molecule has 1 saturated heterocycles. The normalized spacial score (nSPS) is 17.3. The predicted octanol–water partition coefficient (Wildman–Crippen LogP) is 4.75. The molecule has 0 bridgehead atoms. The second kappa shape index (κ2) is 9.79. The Labute approximate surface area is 198 Å². The minimum atomic E-state index is -0.922. The van der Waals surface area contributed by atoms with Gasteiger partial charge < -0.3 is 14.6 Å². The van der Waals surface area contributed by atoms with Crippen LogP contribution in [0.4, 0.5) is 5.69 Å². The van der Waals surface area contributed by atoms with Gasteiger partial charge >= 0.3 is 0 Å². The summed E-state index contributed by atoms with van der Waals surface area (Å²) >= 11 is 0. The van der Waals surface area contributed by atoms with Gasteiger partial charge in [-0.1, -0.05) is 32.0 Å². The number of ether oxygens (including phenoxy) is 2. The van der Waals surface area contributed by atoms with Crippen molar-refractivity contribution in [1.82, 2.24) is 4.98 Å². The van der Waals surface area contributed by atoms with Gasteiger partial charge in [0, 0.05) is 11.8 Å². The Bertz CT molecular complexity index is 1220. The molecule has 1 aliphatic rings. The van der Waals surface area contributed by atoms with Crippen molar-refractivity contribution in [3.8, 4) is 11.5 Å². The van der Waals surface area contributed by atoms with Crippen LogP contribution in [0.1, 0.15) is 31.1 Å². The summed E-state index contributed by atoms with van der Waals surface area (Å²) in [6, 6.07) is 18.0. The average molecular weight is 459 g/mol. The van der Waals surface area contributed by atoms with Crippen molar-refractivity contribution in [1.29, 1.82) is 0 Å². The monoisotopic (exact) mass is 458 g/mol. The molecular weight excluding hydrogens is 432 g/mol. The topological polar surface area (TPSA) is 89.0 Å². The SMILES string of the molecule is COc1ccccc1N1C(=O)C(=O)/C(=C(\O)c2ccc(OCC(C)C)cc2)C1c1ccccn1. The highest BCUT2D eigenvalue weighted by Gasteiger charge is 2.48. The van der Waals surface area contributed by atoms with Gasteiger partial charge in [0.25, 0.3) is 11.7 Å². The van der Waals surface area contributed by atoms with Crippen LogP contribution in [-0.2, 0) is 9.59 Å². The molecule has 2 aromatic carbocycles. The van der Waals surface area contributed by atoms with Gasteiger partial charge in [-0.3, -0.25) is 19.5 Å². The molecule has 1 aliphatic heterocycles. The number of Topliss-reactive ketones (excluding diaryl/α,β-unsaturated/α-hetero) is 1. The van der Waals surface area contributed by atoms with Crippen molar-refractivity contribution in [3.05, 3.63) is 89.8 Å². The maximum Gasteiger partial charge on any atom is 0.300 e. The van der Waals surface area contributed by atoms with Gasteiger partial charge in [-0.25, -0.2) is 0 Å². The fraction of sp³-hybridized carbons (Fsp3) is 0.222. The van der Waals surface area contributed by atoms with E-state index in [0.717, 1.165) is 0 Å². The first-order chi connectivity index (χ1) is 16.4. The first-order valence-corrected chi connectivity index (χ1v) is 11.0. The Kier molecular flexibility index (Phi) is 6.63. The number of pyridine rings is 1. The number of benzene rings is 2. The number of hydrogen-bond acceptors (Lipinski definition) is 6. The lowest BCUT2D eigenvalue weighted by molar-refractivity contribution is -0.132. The Balaban J connectivity index is 1.83. The zero-order valence-electron chi connectivity index (χ0n) is 19.3. The molecular formula is C27H26N2O5. The van der Waals surface area contributed by atoms with Crippen molar-refractivity contribution < 1.29 is 24.2 Å². The fourth-order valence-electron chi connectivity index (χ4n) is 3.85. The molecule has 7 nitrogen and oxygen atoms in total. The fourth-order valence-corrected chi connectivity index (χ4v) is 3.85. The van der Waals surface area contributed by atoms with Gasteiger partial charge in [0.15, 0.2) is 0 Å². The number of para-hydroxylation sites is 2. The number of hydrogen-bond donors (Lipinski definition) is 1. The van der Waals surface area contributed by atoms with Crippen LogP contribution >= 0.6 is 0 Å². The third kappa shape index (κ3) is 4.37. The van der Waals surface area contributed by atoms with Crippen LogP contribution < -0.4 is 14.4 Å². The van der Waals surface area contributed by atoms with E-state index in [1.165, 1.54) is 12.0 Å². The van der Waals surface area contributed by atoms with Gasteiger partial charge in [0.2, 0.25) is 0 Å². The first kappa shape index (κ1) is 23.0. The maximum absolute atomic E-state index is 13.2. The molecule has 1 N–H and O–H groups in total. The summed E-state index contributed by atoms with van der Waals surface area (Å²) in [6.07, 6.45) is 1.58. The number of nitrogens with zero attached hydrogens (tertiary/aromatic N) is 2. The van der Waals surface area contributed by atoms with Crippen molar-refractivity contribution in [2.24, 2.45) is 5.92 Å². The Hall–Kier alpha value is -4.13. The van der Waals surface area contributed by atoms with Gasteiger partial charge in [-0.05, 0) is 54.4 Å². The van der Waals surface area contributed by atoms with Gasteiger partial charge in [0.05, 0.1) is 30.7 Å². The number of carbonyl (C=O) groups excluding carboxylic acids is 2. The molecule has 0 aliphatic carbocycles. The Morgan fingerprint density at radius 1 is 1.03 bits per heavy atom. The second-order valence-corrected chi connectivity index (χ2v) is 8.32. The van der Waals surface area contributed by atoms with E-state index in [2.05, 4.69) is 18.8 Å². The standard InChI is InChI=1S/C27H26N2O5/c1-17(2)16-34-19-13-11-18(12-14-19)25(30)23-24(20-8-6-7-15-28-20)29(27(32)26(23)31)21-9-4-5-10-22(21)33-3/h4-15,17,24,30H,16H2,1-3H3/b25-23-. The van der Waals surface area contributed by atoms with Crippen molar-refractivity contribution >= 4 is 23.1 Å². The van der Waals surface area contributed by atoms with Crippen molar-refractivity contribution in [3.63, 3.8) is 0 Å². The highest BCUT2D eigenvalue weighted by Crippen LogP contribution is 2.44. The maximum atomic E-state index is 13.2. The summed E-state index contributed by atoms with van der Waals surface area (Å²) < 4.78 is 11.1. The quantitative estimate of drug-likeness (QED) is 0.312. The number of amides is 1. The second-order valence-electron chi connectivity index (χ2n) is 8.32. The van der Waals surface area contributed by atoms with E-state index in [9.17, 15) is 14.7 Å². The molecule has 1 amide bonds. The van der Waals surface area contributed by atoms with E-state index in [1.807, 2.05) is 0 Å². The van der Waals surface area contributed by atoms with Crippen molar-refractivity contribution in [2.45, 2.75) is 19.9 Å². The van der Waals surface area contributed by atoms with E-state index < -0.39 is 17.7 Å². The smallest absolute Gasteiger partial charge is 0.300 e. The average Bonchev–Trinajstić information content (AvgIpc) is 3.13. The number of aromatic nitrogens is 1. The molecule has 4 rings (SSSR count). The number of ketones is 1. The minimum absolute atomic E-state index is 0.0366. The van der Waals surface area contributed by atoms with Crippen LogP contribution in [0.15, 0.2) is 78.5 Å². The van der Waals surface area contributed by atoms with E-state index >= 15 is 0 Å². The molecule has 7 heteroatoms. The number of carbonyl (C=O) groups is 2. The van der Waals surface area contributed by atoms with Crippen LogP contribution in [0.5, 0.6) is 11.5 Å². The number of aliphatic hydroxyl groups excluding tert-OH is 1. The molecule has 0 spiro atoms. The summed E-state index contributed by atoms with van der Waals surface area (Å²) in [5.74, 6) is -0.380. The number of methoxy groups -OCH3 is 1. The minimum Gasteiger partial charge on any atom is -0.507 e. The molecule has 1 fully saturated rings. The highest BCUT2D eigenvalue weighted by atomic mass is 16.5. The zero-order valence-corrected chi connectivity index (χ0v) is 19.3. The third-order valence-electron chi connectivity index (χ3n) is 5.47. The van der Waals surface area contributed by atoms with Gasteiger partial charge in [0.1, 0.15) is 23.3 Å². The lowest BCUT2D eigenvalue weighted by Gasteiger charge is -2.26. The summed E-state index contributed by atoms with van der Waals surface area (Å²) in [4.78, 5) is 32.2. The molecule has 174 valence electrons.